The Morgan fingerprint density at radius 1 is 1.19 bits per heavy atom. The minimum Gasteiger partial charge on any atom is -0.494 e. The normalized spacial score (nSPS) is 21.9. The summed E-state index contributed by atoms with van der Waals surface area (Å²) in [6, 6.07) is 4.43. The van der Waals surface area contributed by atoms with Crippen molar-refractivity contribution in [2.24, 2.45) is 0 Å². The lowest BCUT2D eigenvalue weighted by Crippen LogP contribution is -2.49. The number of piperazine rings is 1. The quantitative estimate of drug-likeness (QED) is 0.711. The average molecular weight is 447 g/mol. The molecule has 172 valence electrons. The molecule has 2 aliphatic heterocycles. The fraction of sp³-hybridized carbons (Fsp3) is 0.500. The Morgan fingerprint density at radius 2 is 1.97 bits per heavy atom. The number of amides is 1. The Bertz CT molecular complexity index is 966. The van der Waals surface area contributed by atoms with Gasteiger partial charge in [-0.3, -0.25) is 4.79 Å². The standard InChI is InChI=1S/C22H27F2N5O3/c1-22(24)13-29(9-10-32-14-22)20-17(12-25-15-26-20)21(30)28-7-5-27(6-8-28)18-4-3-16(23)11-19(18)31-2/h3-4,11-12,15H,5-10,13-14H2,1-2H3. The van der Waals surface area contributed by atoms with E-state index in [-0.39, 0.29) is 24.9 Å². The first-order valence-electron chi connectivity index (χ1n) is 10.6. The maximum Gasteiger partial charge on any atom is 0.259 e. The second kappa shape index (κ2) is 9.23. The molecule has 1 aromatic heterocycles. The van der Waals surface area contributed by atoms with Crippen LogP contribution in [0.4, 0.5) is 20.3 Å². The van der Waals surface area contributed by atoms with Crippen molar-refractivity contribution in [3.8, 4) is 5.75 Å². The number of methoxy groups -OCH3 is 1. The number of benzene rings is 1. The lowest BCUT2D eigenvalue weighted by molar-refractivity contribution is 0.0508. The predicted octanol–water partition coefficient (Wildman–Crippen LogP) is 2.15. The van der Waals surface area contributed by atoms with Gasteiger partial charge >= 0.3 is 0 Å². The van der Waals surface area contributed by atoms with Gasteiger partial charge in [-0.1, -0.05) is 0 Å². The highest BCUT2D eigenvalue weighted by molar-refractivity contribution is 5.98. The Labute approximate surface area is 185 Å². The maximum atomic E-state index is 14.7. The van der Waals surface area contributed by atoms with E-state index in [0.717, 1.165) is 5.69 Å². The smallest absolute Gasteiger partial charge is 0.259 e. The molecule has 2 saturated heterocycles. The van der Waals surface area contributed by atoms with Crippen LogP contribution in [0.5, 0.6) is 5.75 Å². The molecule has 32 heavy (non-hydrogen) atoms. The largest absolute Gasteiger partial charge is 0.494 e. The number of nitrogens with zero attached hydrogens (tertiary/aromatic N) is 5. The van der Waals surface area contributed by atoms with Crippen LogP contribution >= 0.6 is 0 Å². The molecular weight excluding hydrogens is 420 g/mol. The van der Waals surface area contributed by atoms with Gasteiger partial charge < -0.3 is 24.2 Å². The van der Waals surface area contributed by atoms with Crippen LogP contribution in [0.3, 0.4) is 0 Å². The van der Waals surface area contributed by atoms with Crippen LogP contribution in [-0.2, 0) is 4.74 Å². The maximum absolute atomic E-state index is 14.7. The van der Waals surface area contributed by atoms with Gasteiger partial charge in [-0.15, -0.1) is 0 Å². The fourth-order valence-electron chi connectivity index (χ4n) is 4.12. The van der Waals surface area contributed by atoms with Crippen molar-refractivity contribution in [2.45, 2.75) is 12.6 Å². The van der Waals surface area contributed by atoms with Crippen molar-refractivity contribution in [3.05, 3.63) is 42.1 Å². The van der Waals surface area contributed by atoms with Crippen LogP contribution in [0.2, 0.25) is 0 Å². The van der Waals surface area contributed by atoms with Gasteiger partial charge in [0, 0.05) is 45.0 Å². The number of ether oxygens (including phenoxy) is 2. The van der Waals surface area contributed by atoms with Crippen LogP contribution in [0.1, 0.15) is 17.3 Å². The Hall–Kier alpha value is -3.01. The molecule has 4 rings (SSSR count). The summed E-state index contributed by atoms with van der Waals surface area (Å²) in [5.74, 6) is 0.319. The highest BCUT2D eigenvalue weighted by atomic mass is 19.1. The topological polar surface area (TPSA) is 71.0 Å². The van der Waals surface area contributed by atoms with Gasteiger partial charge in [-0.05, 0) is 19.1 Å². The zero-order valence-electron chi connectivity index (χ0n) is 18.3. The molecule has 3 heterocycles. The number of aromatic nitrogens is 2. The minimum atomic E-state index is -1.54. The molecule has 0 aliphatic carbocycles. The van der Waals surface area contributed by atoms with Crippen molar-refractivity contribution in [1.82, 2.24) is 14.9 Å². The number of carbonyl (C=O) groups is 1. The van der Waals surface area contributed by atoms with Crippen molar-refractivity contribution in [1.29, 1.82) is 0 Å². The number of hydrogen-bond donors (Lipinski definition) is 0. The van der Waals surface area contributed by atoms with E-state index in [1.54, 1.807) is 15.9 Å². The average Bonchev–Trinajstić information content (AvgIpc) is 2.99. The molecule has 10 heteroatoms. The molecule has 2 aromatic rings. The third-order valence-electron chi connectivity index (χ3n) is 5.70. The van der Waals surface area contributed by atoms with E-state index in [1.165, 1.54) is 38.7 Å². The summed E-state index contributed by atoms with van der Waals surface area (Å²) < 4.78 is 38.9. The van der Waals surface area contributed by atoms with E-state index >= 15 is 0 Å². The number of alkyl halides is 1. The molecule has 1 unspecified atom stereocenters. The van der Waals surface area contributed by atoms with Crippen LogP contribution in [-0.4, -0.2) is 86.0 Å². The van der Waals surface area contributed by atoms with Gasteiger partial charge in [-0.2, -0.15) is 0 Å². The van der Waals surface area contributed by atoms with Crippen LogP contribution in [0.15, 0.2) is 30.7 Å². The van der Waals surface area contributed by atoms with E-state index < -0.39 is 5.67 Å². The second-order valence-electron chi connectivity index (χ2n) is 8.24. The van der Waals surface area contributed by atoms with Crippen molar-refractivity contribution in [2.75, 3.05) is 69.4 Å². The molecular formula is C22H27F2N5O3. The van der Waals surface area contributed by atoms with E-state index in [2.05, 4.69) is 14.9 Å². The Kier molecular flexibility index (Phi) is 6.40. The molecule has 8 nitrogen and oxygen atoms in total. The van der Waals surface area contributed by atoms with E-state index in [1.807, 2.05) is 0 Å². The molecule has 2 fully saturated rings. The summed E-state index contributed by atoms with van der Waals surface area (Å²) in [7, 11) is 1.51. The summed E-state index contributed by atoms with van der Waals surface area (Å²) in [5.41, 5.74) is -0.406. The SMILES string of the molecule is COc1cc(F)ccc1N1CCN(C(=O)c2cncnc2N2CCOCC(C)(F)C2)CC1. The summed E-state index contributed by atoms with van der Waals surface area (Å²) in [5, 5.41) is 0. The van der Waals surface area contributed by atoms with Gasteiger partial charge in [0.15, 0.2) is 0 Å². The molecule has 0 bridgehead atoms. The van der Waals surface area contributed by atoms with E-state index in [0.29, 0.717) is 56.5 Å². The minimum absolute atomic E-state index is 0.00662. The van der Waals surface area contributed by atoms with Gasteiger partial charge in [0.25, 0.3) is 5.91 Å². The molecule has 0 spiro atoms. The number of hydrogen-bond acceptors (Lipinski definition) is 7. The molecule has 2 aliphatic rings. The fourth-order valence-corrected chi connectivity index (χ4v) is 4.12. The Morgan fingerprint density at radius 3 is 2.72 bits per heavy atom. The zero-order valence-corrected chi connectivity index (χ0v) is 18.3. The first kappa shape index (κ1) is 22.2. The van der Waals surface area contributed by atoms with Crippen LogP contribution in [0, 0.1) is 5.82 Å². The molecule has 1 aromatic carbocycles. The lowest BCUT2D eigenvalue weighted by atomic mass is 10.1. The number of rotatable bonds is 4. The zero-order chi connectivity index (χ0) is 22.7. The van der Waals surface area contributed by atoms with Crippen molar-refractivity contribution < 1.29 is 23.0 Å². The number of carbonyl (C=O) groups excluding carboxylic acids is 1. The molecule has 0 saturated carbocycles. The highest BCUT2D eigenvalue weighted by Gasteiger charge is 2.33. The number of halogens is 2. The Balaban J connectivity index is 1.48. The van der Waals surface area contributed by atoms with Crippen molar-refractivity contribution in [3.63, 3.8) is 0 Å². The van der Waals surface area contributed by atoms with Gasteiger partial charge in [0.1, 0.15) is 34.9 Å². The molecule has 0 N–H and O–H groups in total. The van der Waals surface area contributed by atoms with Crippen LogP contribution in [0.25, 0.3) is 0 Å². The first-order chi connectivity index (χ1) is 15.4. The van der Waals surface area contributed by atoms with Crippen molar-refractivity contribution >= 4 is 17.4 Å². The monoisotopic (exact) mass is 447 g/mol. The van der Waals surface area contributed by atoms with E-state index in [9.17, 15) is 13.6 Å². The lowest BCUT2D eigenvalue weighted by Gasteiger charge is -2.37. The van der Waals surface area contributed by atoms with Gasteiger partial charge in [-0.25, -0.2) is 18.7 Å². The summed E-state index contributed by atoms with van der Waals surface area (Å²) in [4.78, 5) is 27.2. The van der Waals surface area contributed by atoms with Gasteiger partial charge in [0.05, 0.1) is 32.6 Å². The third kappa shape index (κ3) is 4.74. The van der Waals surface area contributed by atoms with Crippen LogP contribution < -0.4 is 14.5 Å². The highest BCUT2D eigenvalue weighted by Crippen LogP contribution is 2.30. The molecule has 1 atom stereocenters. The first-order valence-corrected chi connectivity index (χ1v) is 10.6. The predicted molar refractivity (Wildman–Crippen MR) is 116 cm³/mol. The molecule has 0 radical (unpaired) electrons. The summed E-state index contributed by atoms with van der Waals surface area (Å²) in [6.07, 6.45) is 2.85. The summed E-state index contributed by atoms with van der Waals surface area (Å²) >= 11 is 0. The third-order valence-corrected chi connectivity index (χ3v) is 5.70. The van der Waals surface area contributed by atoms with Gasteiger partial charge in [0.2, 0.25) is 0 Å². The number of anilines is 2. The second-order valence-corrected chi connectivity index (χ2v) is 8.24. The summed E-state index contributed by atoms with van der Waals surface area (Å²) in [6.45, 7) is 4.44. The molecule has 1 amide bonds. The van der Waals surface area contributed by atoms with E-state index in [4.69, 9.17) is 9.47 Å².